The second-order valence-electron chi connectivity index (χ2n) is 8.36. The van der Waals surface area contributed by atoms with Crippen LogP contribution >= 0.6 is 0 Å². The third-order valence-electron chi connectivity index (χ3n) is 6.12. The van der Waals surface area contributed by atoms with Crippen molar-refractivity contribution in [1.29, 1.82) is 0 Å². The number of fused-ring (bicyclic) bond motifs is 3. The highest BCUT2D eigenvalue weighted by Gasteiger charge is 2.59. The van der Waals surface area contributed by atoms with Crippen LogP contribution in [0.1, 0.15) is 45.2 Å². The van der Waals surface area contributed by atoms with E-state index in [0.717, 1.165) is 29.2 Å². The SMILES string of the molecule is CCCOc1ccc(/C=C/[C@@]23NC(=O)CN2c2ccccc2C3(C)C)cc1OCC. The molecule has 0 aliphatic carbocycles. The summed E-state index contributed by atoms with van der Waals surface area (Å²) in [6.07, 6.45) is 5.13. The van der Waals surface area contributed by atoms with E-state index in [1.54, 1.807) is 0 Å². The zero-order valence-corrected chi connectivity index (χ0v) is 18.2. The number of carbonyl (C=O) groups is 1. The molecule has 0 saturated carbocycles. The first-order valence-electron chi connectivity index (χ1n) is 10.7. The number of carbonyl (C=O) groups excluding carboxylic acids is 1. The van der Waals surface area contributed by atoms with Gasteiger partial charge in [-0.05, 0) is 48.7 Å². The Balaban J connectivity index is 1.71. The minimum atomic E-state index is -0.600. The van der Waals surface area contributed by atoms with E-state index < -0.39 is 5.66 Å². The van der Waals surface area contributed by atoms with Gasteiger partial charge >= 0.3 is 0 Å². The molecule has 2 aromatic carbocycles. The van der Waals surface area contributed by atoms with Crippen molar-refractivity contribution < 1.29 is 14.3 Å². The van der Waals surface area contributed by atoms with Crippen molar-refractivity contribution in [3.05, 3.63) is 59.7 Å². The van der Waals surface area contributed by atoms with Gasteiger partial charge in [0, 0.05) is 11.1 Å². The van der Waals surface area contributed by atoms with Crippen LogP contribution in [0.2, 0.25) is 0 Å². The molecular weight excluding hydrogens is 376 g/mol. The highest BCUT2D eigenvalue weighted by atomic mass is 16.5. The van der Waals surface area contributed by atoms with E-state index in [1.165, 1.54) is 5.56 Å². The Hall–Kier alpha value is -2.95. The highest BCUT2D eigenvalue weighted by Crippen LogP contribution is 2.52. The van der Waals surface area contributed by atoms with Crippen LogP contribution < -0.4 is 19.7 Å². The summed E-state index contributed by atoms with van der Waals surface area (Å²) in [5.74, 6) is 1.55. The second kappa shape index (κ2) is 7.71. The molecule has 0 spiro atoms. The molecule has 2 aliphatic rings. The number of nitrogens with one attached hydrogen (secondary N) is 1. The molecule has 30 heavy (non-hydrogen) atoms. The molecule has 1 N–H and O–H groups in total. The van der Waals surface area contributed by atoms with E-state index in [9.17, 15) is 4.79 Å². The van der Waals surface area contributed by atoms with Gasteiger partial charge in [0.05, 0.1) is 19.8 Å². The van der Waals surface area contributed by atoms with Crippen molar-refractivity contribution in [2.75, 3.05) is 24.7 Å². The van der Waals surface area contributed by atoms with E-state index in [4.69, 9.17) is 9.47 Å². The normalized spacial score (nSPS) is 21.5. The van der Waals surface area contributed by atoms with Gasteiger partial charge in [-0.3, -0.25) is 4.79 Å². The maximum Gasteiger partial charge on any atom is 0.241 e. The molecule has 0 radical (unpaired) electrons. The Morgan fingerprint density at radius 2 is 1.90 bits per heavy atom. The zero-order valence-electron chi connectivity index (χ0n) is 18.2. The minimum absolute atomic E-state index is 0.0422. The van der Waals surface area contributed by atoms with Gasteiger partial charge in [-0.2, -0.15) is 0 Å². The molecule has 1 amide bonds. The Labute approximate surface area is 178 Å². The number of nitrogens with zero attached hydrogens (tertiary/aromatic N) is 1. The molecular formula is C25H30N2O3. The summed E-state index contributed by atoms with van der Waals surface area (Å²) < 4.78 is 11.6. The van der Waals surface area contributed by atoms with Crippen molar-refractivity contribution in [3.63, 3.8) is 0 Å². The first kappa shape index (κ1) is 20.3. The zero-order chi connectivity index (χ0) is 21.4. The van der Waals surface area contributed by atoms with Gasteiger partial charge < -0.3 is 19.7 Å². The third-order valence-corrected chi connectivity index (χ3v) is 6.12. The lowest BCUT2D eigenvalue weighted by Gasteiger charge is -2.40. The summed E-state index contributed by atoms with van der Waals surface area (Å²) in [7, 11) is 0. The molecule has 2 aliphatic heterocycles. The number of anilines is 1. The van der Waals surface area contributed by atoms with Crippen molar-refractivity contribution in [1.82, 2.24) is 5.32 Å². The third kappa shape index (κ3) is 3.13. The summed E-state index contributed by atoms with van der Waals surface area (Å²) >= 11 is 0. The fraction of sp³-hybridized carbons (Fsp3) is 0.400. The van der Waals surface area contributed by atoms with Crippen LogP contribution in [-0.4, -0.2) is 31.3 Å². The number of hydrogen-bond donors (Lipinski definition) is 1. The van der Waals surface area contributed by atoms with E-state index in [1.807, 2.05) is 31.2 Å². The van der Waals surface area contributed by atoms with Crippen LogP contribution in [0.15, 0.2) is 48.5 Å². The number of benzene rings is 2. The molecule has 5 heteroatoms. The lowest BCUT2D eigenvalue weighted by atomic mass is 9.75. The van der Waals surface area contributed by atoms with Crippen molar-refractivity contribution in [2.45, 2.75) is 45.2 Å². The maximum absolute atomic E-state index is 12.4. The van der Waals surface area contributed by atoms with Crippen molar-refractivity contribution in [2.24, 2.45) is 0 Å². The fourth-order valence-corrected chi connectivity index (χ4v) is 4.58. The van der Waals surface area contributed by atoms with Crippen LogP contribution in [0.4, 0.5) is 5.69 Å². The standard InChI is InChI=1S/C25H30N2O3/c1-5-15-30-21-12-11-18(16-22(21)29-6-2)13-14-25-24(3,4)19-9-7-8-10-20(19)27(25)17-23(28)26-25/h7-14,16H,5-6,15,17H2,1-4H3,(H,26,28)/b14-13+/t25-/m1/s1. The predicted molar refractivity (Wildman–Crippen MR) is 120 cm³/mol. The van der Waals surface area contributed by atoms with Gasteiger partial charge in [-0.15, -0.1) is 0 Å². The smallest absolute Gasteiger partial charge is 0.241 e. The van der Waals surface area contributed by atoms with Crippen LogP contribution in [0, 0.1) is 0 Å². The molecule has 4 rings (SSSR count). The van der Waals surface area contributed by atoms with Gasteiger partial charge in [-0.1, -0.05) is 51.1 Å². The predicted octanol–water partition coefficient (Wildman–Crippen LogP) is 4.51. The van der Waals surface area contributed by atoms with Crippen molar-refractivity contribution >= 4 is 17.7 Å². The Morgan fingerprint density at radius 1 is 1.10 bits per heavy atom. The van der Waals surface area contributed by atoms with E-state index in [-0.39, 0.29) is 11.3 Å². The van der Waals surface area contributed by atoms with Crippen LogP contribution in [0.3, 0.4) is 0 Å². The first-order valence-corrected chi connectivity index (χ1v) is 10.7. The largest absolute Gasteiger partial charge is 0.490 e. The molecule has 2 aromatic rings. The van der Waals surface area contributed by atoms with Gasteiger partial charge in [-0.25, -0.2) is 0 Å². The monoisotopic (exact) mass is 406 g/mol. The highest BCUT2D eigenvalue weighted by molar-refractivity contribution is 5.91. The first-order chi connectivity index (χ1) is 14.4. The number of rotatable bonds is 7. The molecule has 1 atom stereocenters. The minimum Gasteiger partial charge on any atom is -0.490 e. The fourth-order valence-electron chi connectivity index (χ4n) is 4.58. The van der Waals surface area contributed by atoms with E-state index in [0.29, 0.717) is 19.8 Å². The van der Waals surface area contributed by atoms with Gasteiger partial charge in [0.2, 0.25) is 5.91 Å². The van der Waals surface area contributed by atoms with E-state index in [2.05, 4.69) is 61.3 Å². The van der Waals surface area contributed by atoms with Gasteiger partial charge in [0.25, 0.3) is 0 Å². The van der Waals surface area contributed by atoms with Crippen LogP contribution in [-0.2, 0) is 10.2 Å². The lowest BCUT2D eigenvalue weighted by Crippen LogP contribution is -2.58. The van der Waals surface area contributed by atoms with Gasteiger partial charge in [0.15, 0.2) is 11.5 Å². The average Bonchev–Trinajstić information content (AvgIpc) is 3.17. The lowest BCUT2D eigenvalue weighted by molar-refractivity contribution is -0.118. The molecule has 158 valence electrons. The Morgan fingerprint density at radius 3 is 2.67 bits per heavy atom. The number of ether oxygens (including phenoxy) is 2. The molecule has 1 saturated heterocycles. The molecule has 0 aromatic heterocycles. The second-order valence-corrected chi connectivity index (χ2v) is 8.36. The molecule has 5 nitrogen and oxygen atoms in total. The molecule has 1 fully saturated rings. The number of hydrogen-bond acceptors (Lipinski definition) is 4. The Bertz CT molecular complexity index is 982. The molecule has 0 unspecified atom stereocenters. The van der Waals surface area contributed by atoms with Crippen molar-refractivity contribution in [3.8, 4) is 11.5 Å². The van der Waals surface area contributed by atoms with Crippen LogP contribution in [0.25, 0.3) is 6.08 Å². The van der Waals surface area contributed by atoms with Gasteiger partial charge in [0.1, 0.15) is 5.66 Å². The summed E-state index contributed by atoms with van der Waals surface area (Å²) in [6, 6.07) is 14.3. The summed E-state index contributed by atoms with van der Waals surface area (Å²) in [6.45, 7) is 10.0. The topological polar surface area (TPSA) is 50.8 Å². The van der Waals surface area contributed by atoms with Crippen LogP contribution in [0.5, 0.6) is 11.5 Å². The Kier molecular flexibility index (Phi) is 5.22. The number of para-hydroxylation sites is 1. The molecule has 2 heterocycles. The quantitative estimate of drug-likeness (QED) is 0.735. The maximum atomic E-state index is 12.4. The molecule has 0 bridgehead atoms. The number of amides is 1. The average molecular weight is 407 g/mol. The van der Waals surface area contributed by atoms with E-state index >= 15 is 0 Å². The summed E-state index contributed by atoms with van der Waals surface area (Å²) in [5, 5.41) is 3.26. The summed E-state index contributed by atoms with van der Waals surface area (Å²) in [4.78, 5) is 14.6. The summed E-state index contributed by atoms with van der Waals surface area (Å²) in [5.41, 5.74) is 2.48.